The molecule has 3 N–H and O–H groups in total. The predicted octanol–water partition coefficient (Wildman–Crippen LogP) is 3.06. The average molecular weight is 649 g/mol. The number of aryl methyl sites for hydroxylation is 2. The van der Waals surface area contributed by atoms with Crippen molar-refractivity contribution in [2.24, 2.45) is 10.8 Å². The molecule has 3 unspecified atom stereocenters. The van der Waals surface area contributed by atoms with Crippen LogP contribution in [0.25, 0.3) is 5.65 Å². The number of carboxylic acid groups (broad SMARTS) is 1. The molecule has 1 saturated carbocycles. The number of carboxylic acids is 1. The average Bonchev–Trinajstić information content (AvgIpc) is 3.80. The van der Waals surface area contributed by atoms with E-state index in [2.05, 4.69) is 62.1 Å². The van der Waals surface area contributed by atoms with E-state index in [-0.39, 0.29) is 18.6 Å². The van der Waals surface area contributed by atoms with Crippen molar-refractivity contribution in [1.82, 2.24) is 34.5 Å². The number of rotatable bonds is 10. The number of carbonyl (C=O) groups is 1. The monoisotopic (exact) mass is 648 g/mol. The number of fused-ring (bicyclic) bond motifs is 2. The quantitative estimate of drug-likeness (QED) is 0.233. The van der Waals surface area contributed by atoms with Crippen molar-refractivity contribution in [3.05, 3.63) is 71.2 Å². The van der Waals surface area contributed by atoms with Crippen LogP contribution in [0.5, 0.6) is 0 Å². The molecule has 4 atom stereocenters. The van der Waals surface area contributed by atoms with E-state index in [1.165, 1.54) is 19.4 Å². The number of hydrogen-bond acceptors (Lipinski definition) is 9. The number of benzene rings is 1. The van der Waals surface area contributed by atoms with E-state index < -0.39 is 44.1 Å². The zero-order valence-electron chi connectivity index (χ0n) is 26.7. The Hall–Kier alpha value is -3.88. The zero-order chi connectivity index (χ0) is 32.7. The van der Waals surface area contributed by atoms with Crippen molar-refractivity contribution in [3.8, 4) is 0 Å². The number of nitrogens with one attached hydrogen (secondary N) is 2. The molecule has 2 bridgehead atoms. The molecule has 4 aliphatic rings. The van der Waals surface area contributed by atoms with Gasteiger partial charge in [-0.15, -0.1) is 5.10 Å². The molecule has 13 nitrogen and oxygen atoms in total. The molecule has 244 valence electrons. The van der Waals surface area contributed by atoms with Crippen molar-refractivity contribution in [1.29, 1.82) is 0 Å². The minimum atomic E-state index is -3.91. The smallest absolute Gasteiger partial charge is 0.310 e. The van der Waals surface area contributed by atoms with Gasteiger partial charge in [-0.2, -0.15) is 5.10 Å². The van der Waals surface area contributed by atoms with Crippen LogP contribution in [0.2, 0.25) is 0 Å². The van der Waals surface area contributed by atoms with Crippen molar-refractivity contribution in [3.63, 3.8) is 0 Å². The summed E-state index contributed by atoms with van der Waals surface area (Å²) in [5.74, 6) is -0.477. The van der Waals surface area contributed by atoms with Gasteiger partial charge >= 0.3 is 5.97 Å². The topological polar surface area (TPSA) is 168 Å². The largest absolute Gasteiger partial charge is 0.481 e. The fraction of sp³-hybridized carbons (Fsp3) is 0.531. The molecular formula is C32H40N8O5S. The summed E-state index contributed by atoms with van der Waals surface area (Å²) in [6.07, 6.45) is 3.54. The number of anilines is 1. The van der Waals surface area contributed by atoms with Gasteiger partial charge in [0.05, 0.1) is 35.6 Å². The summed E-state index contributed by atoms with van der Waals surface area (Å²) in [6, 6.07) is 12.8. The second kappa shape index (κ2) is 10.3. The third kappa shape index (κ3) is 4.88. The van der Waals surface area contributed by atoms with Crippen LogP contribution in [-0.2, 0) is 30.6 Å². The summed E-state index contributed by atoms with van der Waals surface area (Å²) in [5, 5.41) is 21.8. The highest BCUT2D eigenvalue weighted by Crippen LogP contribution is 2.70. The molecule has 0 amide bonds. The fourth-order valence-electron chi connectivity index (χ4n) is 7.67. The number of aliphatic carboxylic acids is 1. The summed E-state index contributed by atoms with van der Waals surface area (Å²) >= 11 is 0. The van der Waals surface area contributed by atoms with Gasteiger partial charge in [0.25, 0.3) is 0 Å². The van der Waals surface area contributed by atoms with Gasteiger partial charge in [-0.05, 0) is 57.7 Å². The van der Waals surface area contributed by atoms with E-state index >= 15 is 0 Å². The van der Waals surface area contributed by atoms with Crippen molar-refractivity contribution in [2.75, 3.05) is 36.9 Å². The Kier molecular flexibility index (Phi) is 6.89. The second-order valence-electron chi connectivity index (χ2n) is 14.4. The van der Waals surface area contributed by atoms with Crippen LogP contribution in [0.1, 0.15) is 68.1 Å². The molecule has 4 aromatic rings. The number of H-pyrrole nitrogens is 1. The van der Waals surface area contributed by atoms with Crippen LogP contribution < -0.4 is 9.62 Å². The van der Waals surface area contributed by atoms with Crippen LogP contribution in [0.3, 0.4) is 0 Å². The number of aromatic amines is 1. The first kappa shape index (κ1) is 30.8. The van der Waals surface area contributed by atoms with Gasteiger partial charge in [-0.25, -0.2) is 27.6 Å². The van der Waals surface area contributed by atoms with E-state index in [4.69, 9.17) is 14.8 Å². The van der Waals surface area contributed by atoms with Gasteiger partial charge in [0.15, 0.2) is 17.3 Å². The molecular weight excluding hydrogens is 608 g/mol. The molecule has 6 heterocycles. The maximum absolute atomic E-state index is 13.0. The van der Waals surface area contributed by atoms with Crippen LogP contribution >= 0.6 is 0 Å². The summed E-state index contributed by atoms with van der Waals surface area (Å²) in [6.45, 7) is 11.1. The lowest BCUT2D eigenvalue weighted by Gasteiger charge is -2.49. The Morgan fingerprint density at radius 2 is 1.98 bits per heavy atom. The van der Waals surface area contributed by atoms with Gasteiger partial charge in [-0.3, -0.25) is 9.89 Å². The van der Waals surface area contributed by atoms with E-state index in [0.29, 0.717) is 23.9 Å². The van der Waals surface area contributed by atoms with Gasteiger partial charge in [0.2, 0.25) is 10.0 Å². The van der Waals surface area contributed by atoms with E-state index in [1.54, 1.807) is 0 Å². The molecule has 14 heteroatoms. The molecule has 0 radical (unpaired) electrons. The Morgan fingerprint density at radius 1 is 1.22 bits per heavy atom. The normalized spacial score (nSPS) is 27.8. The predicted molar refractivity (Wildman–Crippen MR) is 170 cm³/mol. The lowest BCUT2D eigenvalue weighted by molar-refractivity contribution is -0.145. The zero-order valence-corrected chi connectivity index (χ0v) is 27.6. The summed E-state index contributed by atoms with van der Waals surface area (Å²) in [5.41, 5.74) is 1.17. The highest BCUT2D eigenvalue weighted by atomic mass is 32.2. The number of sulfonamides is 1. The summed E-state index contributed by atoms with van der Waals surface area (Å²) in [7, 11) is -3.91. The number of ether oxygens (including phenoxy) is 1. The highest BCUT2D eigenvalue weighted by molar-refractivity contribution is 7.89. The first-order valence-electron chi connectivity index (χ1n) is 15.6. The molecule has 3 saturated heterocycles. The molecule has 3 aliphatic heterocycles. The van der Waals surface area contributed by atoms with Crippen molar-refractivity contribution >= 4 is 27.3 Å². The van der Waals surface area contributed by atoms with Crippen LogP contribution in [-0.4, -0.2) is 81.3 Å². The van der Waals surface area contributed by atoms with Crippen LogP contribution in [0.4, 0.5) is 5.69 Å². The Balaban J connectivity index is 1.18. The minimum Gasteiger partial charge on any atom is -0.481 e. The Morgan fingerprint density at radius 3 is 2.67 bits per heavy atom. The molecule has 4 fully saturated rings. The van der Waals surface area contributed by atoms with Crippen molar-refractivity contribution < 1.29 is 23.1 Å². The number of nitrogens with zero attached hydrogens (tertiary/aromatic N) is 6. The van der Waals surface area contributed by atoms with E-state index in [9.17, 15) is 18.3 Å². The maximum Gasteiger partial charge on any atom is 0.310 e. The van der Waals surface area contributed by atoms with E-state index in [1.807, 2.05) is 30.6 Å². The first-order chi connectivity index (χ1) is 21.7. The lowest BCUT2D eigenvalue weighted by atomic mass is 9.53. The number of aromatic nitrogens is 6. The Bertz CT molecular complexity index is 1940. The van der Waals surface area contributed by atoms with Gasteiger partial charge in [0, 0.05) is 30.5 Å². The third-order valence-electron chi connectivity index (χ3n) is 10.2. The van der Waals surface area contributed by atoms with Gasteiger partial charge < -0.3 is 14.7 Å². The molecule has 46 heavy (non-hydrogen) atoms. The molecule has 0 spiro atoms. The molecule has 1 aromatic carbocycles. The molecule has 3 aromatic heterocycles. The fourth-order valence-corrected chi connectivity index (χ4v) is 9.36. The minimum absolute atomic E-state index is 0.0519. The van der Waals surface area contributed by atoms with Gasteiger partial charge in [0.1, 0.15) is 11.4 Å². The van der Waals surface area contributed by atoms with Crippen LogP contribution in [0.15, 0.2) is 42.6 Å². The summed E-state index contributed by atoms with van der Waals surface area (Å²) in [4.78, 5) is 23.6. The molecule has 8 rings (SSSR count). The number of hydrogen-bond donors (Lipinski definition) is 3. The Labute approximate surface area is 267 Å². The van der Waals surface area contributed by atoms with Crippen LogP contribution in [0, 0.1) is 24.7 Å². The lowest BCUT2D eigenvalue weighted by Crippen LogP contribution is -2.56. The highest BCUT2D eigenvalue weighted by Gasteiger charge is 2.74. The maximum atomic E-state index is 13.0. The van der Waals surface area contributed by atoms with Gasteiger partial charge in [-0.1, -0.05) is 37.3 Å². The first-order valence-corrected chi connectivity index (χ1v) is 17.2. The third-order valence-corrected chi connectivity index (χ3v) is 11.9. The second-order valence-corrected chi connectivity index (χ2v) is 16.2. The SMILES string of the molecule is Cc1nc(C2C3(CNS(=O)(=O)CC(C)(C)C(=O)O)COC2(c2nc4c(C)cc(N5CC[C@](C)(c6ccccc6)C5)cn4n2)C3)n[nH]1. The summed E-state index contributed by atoms with van der Waals surface area (Å²) < 4.78 is 37.0. The van der Waals surface area contributed by atoms with Crippen molar-refractivity contribution in [2.45, 2.75) is 64.4 Å². The molecule has 1 aliphatic carbocycles. The number of pyridine rings is 1. The standard InChI is InChI=1S/C32H40N8O5S/c1-20-13-23(39-12-11-30(5,17-39)22-9-7-6-8-10-22)14-40-26(20)35-27(38-40)32-15-31(18-45-32,24(32)25-34-21(2)36-37-25)16-33-46(43,44)19-29(3,4)28(41)42/h6-10,13-14,24,33H,11-12,15-19H2,1-5H3,(H,41,42)(H,34,36,37)/t24?,30-,31?,32?/m0/s1. The van der Waals surface area contributed by atoms with E-state index in [0.717, 1.165) is 36.4 Å².